The summed E-state index contributed by atoms with van der Waals surface area (Å²) in [5.41, 5.74) is 5.35. The molecule has 0 aliphatic rings. The van der Waals surface area contributed by atoms with Crippen LogP contribution in [0.3, 0.4) is 0 Å². The number of nitrogens with zero attached hydrogens (tertiary/aromatic N) is 2. The number of hydrogen-bond donors (Lipinski definition) is 1. The molecule has 0 aliphatic carbocycles. The molecular formula is C30H26ClN3O. The quantitative estimate of drug-likeness (QED) is 0.273. The number of carbonyl (C=O) groups excluding carboxylic acids is 1. The highest BCUT2D eigenvalue weighted by atomic mass is 35.5. The van der Waals surface area contributed by atoms with E-state index in [1.165, 1.54) is 5.56 Å². The van der Waals surface area contributed by atoms with Gasteiger partial charge in [-0.25, -0.2) is 0 Å². The summed E-state index contributed by atoms with van der Waals surface area (Å²) in [6, 6.07) is 32.3. The van der Waals surface area contributed by atoms with Crippen LogP contribution in [0.2, 0.25) is 5.02 Å². The smallest absolute Gasteiger partial charge is 0.221 e. The second kappa shape index (κ2) is 10.6. The van der Waals surface area contributed by atoms with Crippen molar-refractivity contribution < 1.29 is 4.79 Å². The maximum Gasteiger partial charge on any atom is 0.221 e. The average Bonchev–Trinajstić information content (AvgIpc) is 3.25. The van der Waals surface area contributed by atoms with Crippen LogP contribution in [0, 0.1) is 0 Å². The fraction of sp³-hybridized carbons (Fsp3) is 0.133. The van der Waals surface area contributed by atoms with Crippen molar-refractivity contribution in [1.82, 2.24) is 14.9 Å². The van der Waals surface area contributed by atoms with Crippen LogP contribution >= 0.6 is 11.6 Å². The molecule has 3 aromatic carbocycles. The number of fused-ring (bicyclic) bond motifs is 1. The van der Waals surface area contributed by atoms with E-state index in [-0.39, 0.29) is 11.8 Å². The van der Waals surface area contributed by atoms with Crippen molar-refractivity contribution in [3.63, 3.8) is 0 Å². The third-order valence-corrected chi connectivity index (χ3v) is 6.46. The van der Waals surface area contributed by atoms with E-state index in [2.05, 4.69) is 69.6 Å². The maximum absolute atomic E-state index is 13.1. The zero-order valence-electron chi connectivity index (χ0n) is 19.3. The third kappa shape index (κ3) is 5.44. The molecule has 1 atom stereocenters. The summed E-state index contributed by atoms with van der Waals surface area (Å²) in [6.07, 6.45) is 4.24. The standard InChI is InChI=1S/C30H26ClN3O/c31-24-12-8-11-23(17-24)27(18-30(35)33-19-25-13-6-7-16-32-25)28-21-34(20-22-9-2-1-3-10-22)29-15-5-4-14-26(28)29/h1-17,21,27H,18-20H2,(H,33,35). The predicted molar refractivity (Wildman–Crippen MR) is 141 cm³/mol. The molecule has 1 amide bonds. The van der Waals surface area contributed by atoms with Gasteiger partial charge >= 0.3 is 0 Å². The molecule has 5 heteroatoms. The SMILES string of the molecule is O=C(CC(c1cccc(Cl)c1)c1cn(Cc2ccccc2)c2ccccc12)NCc1ccccn1. The molecule has 4 nitrogen and oxygen atoms in total. The molecule has 0 radical (unpaired) electrons. The van der Waals surface area contributed by atoms with Crippen molar-refractivity contribution in [2.24, 2.45) is 0 Å². The van der Waals surface area contributed by atoms with E-state index < -0.39 is 0 Å². The Hall–Kier alpha value is -3.89. The summed E-state index contributed by atoms with van der Waals surface area (Å²) in [5, 5.41) is 4.84. The number of aromatic nitrogens is 2. The van der Waals surface area contributed by atoms with Gasteiger partial charge in [0.05, 0.1) is 12.2 Å². The van der Waals surface area contributed by atoms with Gasteiger partial charge < -0.3 is 9.88 Å². The Kier molecular flexibility index (Phi) is 6.92. The molecule has 1 unspecified atom stereocenters. The highest BCUT2D eigenvalue weighted by Crippen LogP contribution is 2.36. The Labute approximate surface area is 210 Å². The Morgan fingerprint density at radius 2 is 1.71 bits per heavy atom. The maximum atomic E-state index is 13.1. The molecule has 5 rings (SSSR count). The molecule has 174 valence electrons. The first-order valence-electron chi connectivity index (χ1n) is 11.7. The number of para-hydroxylation sites is 1. The third-order valence-electron chi connectivity index (χ3n) is 6.22. The first kappa shape index (κ1) is 22.9. The molecule has 0 spiro atoms. The molecule has 2 aromatic heterocycles. The average molecular weight is 480 g/mol. The number of nitrogens with one attached hydrogen (secondary N) is 1. The Morgan fingerprint density at radius 1 is 0.914 bits per heavy atom. The molecule has 35 heavy (non-hydrogen) atoms. The number of benzene rings is 3. The molecule has 0 fully saturated rings. The van der Waals surface area contributed by atoms with Gasteiger partial charge in [-0.2, -0.15) is 0 Å². The fourth-order valence-electron chi connectivity index (χ4n) is 4.54. The van der Waals surface area contributed by atoms with Crippen molar-refractivity contribution in [3.8, 4) is 0 Å². The van der Waals surface area contributed by atoms with Crippen molar-refractivity contribution >= 4 is 28.4 Å². The highest BCUT2D eigenvalue weighted by Gasteiger charge is 2.23. The zero-order chi connectivity index (χ0) is 24.0. The van der Waals surface area contributed by atoms with Gasteiger partial charge in [-0.15, -0.1) is 0 Å². The topological polar surface area (TPSA) is 46.9 Å². The Balaban J connectivity index is 1.50. The fourth-order valence-corrected chi connectivity index (χ4v) is 4.74. The lowest BCUT2D eigenvalue weighted by molar-refractivity contribution is -0.121. The van der Waals surface area contributed by atoms with Crippen LogP contribution in [-0.2, 0) is 17.9 Å². The van der Waals surface area contributed by atoms with Crippen molar-refractivity contribution in [2.45, 2.75) is 25.4 Å². The van der Waals surface area contributed by atoms with Crippen molar-refractivity contribution in [2.75, 3.05) is 0 Å². The molecule has 0 bridgehead atoms. The Bertz CT molecular complexity index is 1430. The number of rotatable bonds is 8. The van der Waals surface area contributed by atoms with Crippen LogP contribution in [0.5, 0.6) is 0 Å². The van der Waals surface area contributed by atoms with E-state index in [0.29, 0.717) is 18.0 Å². The second-order valence-corrected chi connectivity index (χ2v) is 9.06. The summed E-state index contributed by atoms with van der Waals surface area (Å²) in [7, 11) is 0. The minimum absolute atomic E-state index is 0.0273. The lowest BCUT2D eigenvalue weighted by atomic mass is 9.88. The van der Waals surface area contributed by atoms with Gasteiger partial charge in [0, 0.05) is 47.2 Å². The summed E-state index contributed by atoms with van der Waals surface area (Å²) >= 11 is 6.37. The number of halogens is 1. The first-order valence-corrected chi connectivity index (χ1v) is 12.1. The van der Waals surface area contributed by atoms with Gasteiger partial charge in [-0.3, -0.25) is 9.78 Å². The molecule has 0 saturated carbocycles. The minimum atomic E-state index is -0.139. The van der Waals surface area contributed by atoms with E-state index in [1.54, 1.807) is 6.20 Å². The van der Waals surface area contributed by atoms with Gasteiger partial charge in [0.15, 0.2) is 0 Å². The van der Waals surface area contributed by atoms with E-state index in [9.17, 15) is 4.79 Å². The van der Waals surface area contributed by atoms with Gasteiger partial charge in [0.2, 0.25) is 5.91 Å². The monoisotopic (exact) mass is 479 g/mol. The van der Waals surface area contributed by atoms with Gasteiger partial charge in [-0.1, -0.05) is 78.3 Å². The van der Waals surface area contributed by atoms with Crippen LogP contribution in [0.1, 0.15) is 34.7 Å². The van der Waals surface area contributed by atoms with Crippen LogP contribution in [0.15, 0.2) is 109 Å². The van der Waals surface area contributed by atoms with E-state index >= 15 is 0 Å². The van der Waals surface area contributed by atoms with Crippen molar-refractivity contribution in [3.05, 3.63) is 137 Å². The van der Waals surface area contributed by atoms with Gasteiger partial charge in [0.25, 0.3) is 0 Å². The largest absolute Gasteiger partial charge is 0.350 e. The highest BCUT2D eigenvalue weighted by molar-refractivity contribution is 6.30. The van der Waals surface area contributed by atoms with Crippen LogP contribution < -0.4 is 5.32 Å². The van der Waals surface area contributed by atoms with Crippen LogP contribution in [0.25, 0.3) is 10.9 Å². The van der Waals surface area contributed by atoms with E-state index in [4.69, 9.17) is 11.6 Å². The summed E-state index contributed by atoms with van der Waals surface area (Å²) in [6.45, 7) is 1.16. The molecule has 2 heterocycles. The number of amides is 1. The second-order valence-electron chi connectivity index (χ2n) is 8.62. The zero-order valence-corrected chi connectivity index (χ0v) is 20.0. The lowest BCUT2D eigenvalue weighted by Gasteiger charge is -2.18. The van der Waals surface area contributed by atoms with Crippen LogP contribution in [-0.4, -0.2) is 15.5 Å². The van der Waals surface area contributed by atoms with E-state index in [1.807, 2.05) is 48.5 Å². The molecular weight excluding hydrogens is 454 g/mol. The normalized spacial score (nSPS) is 11.9. The predicted octanol–water partition coefficient (Wildman–Crippen LogP) is 6.58. The summed E-state index contributed by atoms with van der Waals surface area (Å²) < 4.78 is 2.27. The van der Waals surface area contributed by atoms with E-state index in [0.717, 1.165) is 34.3 Å². The van der Waals surface area contributed by atoms with Crippen molar-refractivity contribution in [1.29, 1.82) is 0 Å². The first-order chi connectivity index (χ1) is 17.2. The van der Waals surface area contributed by atoms with Gasteiger partial charge in [0.1, 0.15) is 0 Å². The lowest BCUT2D eigenvalue weighted by Crippen LogP contribution is -2.25. The van der Waals surface area contributed by atoms with Gasteiger partial charge in [-0.05, 0) is 47.0 Å². The molecule has 0 aliphatic heterocycles. The Morgan fingerprint density at radius 3 is 2.51 bits per heavy atom. The minimum Gasteiger partial charge on any atom is -0.350 e. The summed E-state index contributed by atoms with van der Waals surface area (Å²) in [4.78, 5) is 17.4. The van der Waals surface area contributed by atoms with Crippen LogP contribution in [0.4, 0.5) is 0 Å². The number of hydrogen-bond acceptors (Lipinski definition) is 2. The number of carbonyl (C=O) groups is 1. The molecule has 0 saturated heterocycles. The molecule has 1 N–H and O–H groups in total. The number of pyridine rings is 1. The molecule has 5 aromatic rings. The summed E-state index contributed by atoms with van der Waals surface area (Å²) in [5.74, 6) is -0.167.